The van der Waals surface area contributed by atoms with Crippen molar-refractivity contribution in [2.24, 2.45) is 0 Å². The fourth-order valence-electron chi connectivity index (χ4n) is 5.16. The van der Waals surface area contributed by atoms with Gasteiger partial charge in [-0.3, -0.25) is 4.84 Å². The lowest BCUT2D eigenvalue weighted by Gasteiger charge is -2.34. The average molecular weight is 472 g/mol. The first-order valence-corrected chi connectivity index (χ1v) is 12.5. The molecular formula is C33H29NO2. The van der Waals surface area contributed by atoms with Gasteiger partial charge in [-0.25, -0.2) is 5.06 Å². The van der Waals surface area contributed by atoms with E-state index in [-0.39, 0.29) is 12.1 Å². The van der Waals surface area contributed by atoms with Crippen LogP contribution in [0.15, 0.2) is 120 Å². The van der Waals surface area contributed by atoms with Crippen LogP contribution in [0.5, 0.6) is 0 Å². The Balaban J connectivity index is 1.63. The van der Waals surface area contributed by atoms with Crippen LogP contribution in [0.4, 0.5) is 5.69 Å². The van der Waals surface area contributed by atoms with E-state index in [1.165, 1.54) is 16.7 Å². The van der Waals surface area contributed by atoms with Gasteiger partial charge < -0.3 is 4.42 Å². The largest absolute Gasteiger partial charge is 0.461 e. The van der Waals surface area contributed by atoms with Crippen LogP contribution in [0.1, 0.15) is 45.7 Å². The molecule has 0 saturated carbocycles. The average Bonchev–Trinajstić information content (AvgIpc) is 3.14. The molecule has 3 nitrogen and oxygen atoms in total. The van der Waals surface area contributed by atoms with Crippen molar-refractivity contribution in [3.05, 3.63) is 149 Å². The van der Waals surface area contributed by atoms with Crippen LogP contribution in [-0.4, -0.2) is 0 Å². The van der Waals surface area contributed by atoms with E-state index in [4.69, 9.17) is 9.25 Å². The van der Waals surface area contributed by atoms with Crippen molar-refractivity contribution in [1.82, 2.24) is 0 Å². The van der Waals surface area contributed by atoms with Crippen molar-refractivity contribution in [1.29, 1.82) is 0 Å². The third kappa shape index (κ3) is 4.12. The Kier molecular flexibility index (Phi) is 5.92. The zero-order valence-corrected chi connectivity index (χ0v) is 20.6. The van der Waals surface area contributed by atoms with Gasteiger partial charge in [0.05, 0.1) is 5.69 Å². The summed E-state index contributed by atoms with van der Waals surface area (Å²) in [5.74, 6) is 1.85. The minimum atomic E-state index is -0.177. The molecule has 0 fully saturated rings. The third-order valence-corrected chi connectivity index (χ3v) is 7.00. The maximum atomic E-state index is 6.96. The van der Waals surface area contributed by atoms with Gasteiger partial charge >= 0.3 is 0 Å². The molecule has 1 aromatic heterocycles. The Labute approximate surface area is 212 Å². The second kappa shape index (κ2) is 9.52. The molecule has 4 aromatic carbocycles. The van der Waals surface area contributed by atoms with Crippen LogP contribution in [0.2, 0.25) is 0 Å². The molecule has 178 valence electrons. The highest BCUT2D eigenvalue weighted by Crippen LogP contribution is 2.47. The highest BCUT2D eigenvalue weighted by atomic mass is 16.7. The van der Waals surface area contributed by atoms with Gasteiger partial charge in [-0.2, -0.15) is 0 Å². The first-order valence-electron chi connectivity index (χ1n) is 12.5. The summed E-state index contributed by atoms with van der Waals surface area (Å²) in [5.41, 5.74) is 8.01. The molecule has 3 heteroatoms. The van der Waals surface area contributed by atoms with E-state index < -0.39 is 0 Å². The molecule has 0 radical (unpaired) electrons. The minimum absolute atomic E-state index is 0.152. The number of para-hydroxylation sites is 1. The Morgan fingerprint density at radius 2 is 1.28 bits per heavy atom. The fourth-order valence-corrected chi connectivity index (χ4v) is 5.16. The molecule has 1 aliphatic heterocycles. The molecule has 0 amide bonds. The molecule has 5 aromatic rings. The summed E-state index contributed by atoms with van der Waals surface area (Å²) in [5, 5.41) is 2.09. The normalized spacial score (nSPS) is 17.4. The minimum Gasteiger partial charge on any atom is -0.461 e. The number of rotatable bonds is 4. The van der Waals surface area contributed by atoms with E-state index in [0.717, 1.165) is 40.3 Å². The number of aryl methyl sites for hydroxylation is 2. The summed E-state index contributed by atoms with van der Waals surface area (Å²) < 4.78 is 6.57. The molecular weight excluding hydrogens is 442 g/mol. The van der Waals surface area contributed by atoms with Crippen molar-refractivity contribution in [3.8, 4) is 11.3 Å². The lowest BCUT2D eigenvalue weighted by Crippen LogP contribution is -2.30. The molecule has 36 heavy (non-hydrogen) atoms. The highest BCUT2D eigenvalue weighted by molar-refractivity contribution is 5.68. The van der Waals surface area contributed by atoms with Crippen molar-refractivity contribution >= 4 is 5.69 Å². The summed E-state index contributed by atoms with van der Waals surface area (Å²) in [7, 11) is 0. The van der Waals surface area contributed by atoms with E-state index in [9.17, 15) is 0 Å². The van der Waals surface area contributed by atoms with Crippen LogP contribution in [0.3, 0.4) is 0 Å². The molecule has 2 heterocycles. The second-order valence-electron chi connectivity index (χ2n) is 9.43. The second-order valence-corrected chi connectivity index (χ2v) is 9.43. The lowest BCUT2D eigenvalue weighted by molar-refractivity contribution is 0.0260. The van der Waals surface area contributed by atoms with Crippen molar-refractivity contribution in [2.75, 3.05) is 5.06 Å². The number of anilines is 1. The van der Waals surface area contributed by atoms with Crippen LogP contribution < -0.4 is 5.06 Å². The Hall–Kier alpha value is -4.08. The number of furan rings is 1. The van der Waals surface area contributed by atoms with E-state index in [1.54, 1.807) is 0 Å². The first-order chi connectivity index (χ1) is 17.7. The maximum absolute atomic E-state index is 6.96. The first kappa shape index (κ1) is 22.4. The highest BCUT2D eigenvalue weighted by Gasteiger charge is 2.38. The SMILES string of the molecule is Cc1ccc([C@@H]2c3c(-c4ccccc4)oc(C)c3C[C@H](c3ccccc3)ON2c2ccccc2)cc1. The summed E-state index contributed by atoms with van der Waals surface area (Å²) in [6, 6.07) is 39.9. The number of benzene rings is 4. The van der Waals surface area contributed by atoms with Gasteiger partial charge in [0, 0.05) is 23.1 Å². The number of hydroxylamine groups is 1. The van der Waals surface area contributed by atoms with Gasteiger partial charge in [-0.15, -0.1) is 0 Å². The quantitative estimate of drug-likeness (QED) is 0.263. The summed E-state index contributed by atoms with van der Waals surface area (Å²) in [6.07, 6.45) is 0.577. The number of hydrogen-bond acceptors (Lipinski definition) is 3. The molecule has 0 saturated heterocycles. The predicted molar refractivity (Wildman–Crippen MR) is 145 cm³/mol. The van der Waals surface area contributed by atoms with Crippen LogP contribution in [0, 0.1) is 13.8 Å². The third-order valence-electron chi connectivity index (χ3n) is 7.00. The molecule has 2 atom stereocenters. The number of fused-ring (bicyclic) bond motifs is 1. The van der Waals surface area contributed by atoms with E-state index in [1.807, 2.05) is 18.2 Å². The molecule has 1 aliphatic rings. The van der Waals surface area contributed by atoms with E-state index >= 15 is 0 Å². The maximum Gasteiger partial charge on any atom is 0.140 e. The van der Waals surface area contributed by atoms with Crippen LogP contribution in [0.25, 0.3) is 11.3 Å². The summed E-state index contributed by atoms with van der Waals surface area (Å²) >= 11 is 0. The van der Waals surface area contributed by atoms with Gasteiger partial charge in [0.2, 0.25) is 0 Å². The number of hydrogen-bond donors (Lipinski definition) is 0. The monoisotopic (exact) mass is 471 g/mol. The van der Waals surface area contributed by atoms with Gasteiger partial charge in [0.1, 0.15) is 23.7 Å². The van der Waals surface area contributed by atoms with Crippen molar-refractivity contribution in [3.63, 3.8) is 0 Å². The summed E-state index contributed by atoms with van der Waals surface area (Å²) in [4.78, 5) is 6.96. The Morgan fingerprint density at radius 3 is 1.94 bits per heavy atom. The van der Waals surface area contributed by atoms with Gasteiger partial charge in [-0.05, 0) is 37.1 Å². The molecule has 0 aliphatic carbocycles. The molecule has 0 spiro atoms. The van der Waals surface area contributed by atoms with E-state index in [0.29, 0.717) is 0 Å². The topological polar surface area (TPSA) is 25.6 Å². The van der Waals surface area contributed by atoms with Crippen molar-refractivity contribution in [2.45, 2.75) is 32.4 Å². The van der Waals surface area contributed by atoms with Gasteiger partial charge in [-0.1, -0.05) is 109 Å². The fraction of sp³-hybridized carbons (Fsp3) is 0.152. The summed E-state index contributed by atoms with van der Waals surface area (Å²) in [6.45, 7) is 4.20. The molecule has 0 N–H and O–H groups in total. The smallest absolute Gasteiger partial charge is 0.140 e. The molecule has 6 rings (SSSR count). The standard InChI is InChI=1S/C33H29NO2/c1-23-18-20-26(21-19-23)32-31-29(24(2)35-33(31)27-14-8-4-9-15-27)22-30(25-12-6-3-7-13-25)36-34(32)28-16-10-5-11-17-28/h3-21,30,32H,22H2,1-2H3/t30-,32-/m1/s1. The zero-order valence-electron chi connectivity index (χ0n) is 20.6. The Morgan fingerprint density at radius 1 is 0.667 bits per heavy atom. The van der Waals surface area contributed by atoms with Gasteiger partial charge in [0.15, 0.2) is 0 Å². The van der Waals surface area contributed by atoms with Crippen molar-refractivity contribution < 1.29 is 9.25 Å². The number of nitrogens with zero attached hydrogens (tertiary/aromatic N) is 1. The Bertz CT molecular complexity index is 1440. The lowest BCUT2D eigenvalue weighted by atomic mass is 9.89. The predicted octanol–water partition coefficient (Wildman–Crippen LogP) is 8.39. The van der Waals surface area contributed by atoms with Crippen LogP contribution in [-0.2, 0) is 11.3 Å². The van der Waals surface area contributed by atoms with E-state index in [2.05, 4.69) is 116 Å². The molecule has 0 unspecified atom stereocenters. The van der Waals surface area contributed by atoms with Crippen LogP contribution >= 0.6 is 0 Å². The molecule has 0 bridgehead atoms. The van der Waals surface area contributed by atoms with Gasteiger partial charge in [0.25, 0.3) is 0 Å². The zero-order chi connectivity index (χ0) is 24.5.